The van der Waals surface area contributed by atoms with Gasteiger partial charge in [-0.05, 0) is 31.1 Å². The summed E-state index contributed by atoms with van der Waals surface area (Å²) in [6.07, 6.45) is 7.55. The van der Waals surface area contributed by atoms with Crippen LogP contribution in [-0.4, -0.2) is 11.4 Å². The number of carbonyl (C=O) groups is 1. The lowest BCUT2D eigenvalue weighted by Gasteiger charge is -2.40. The van der Waals surface area contributed by atoms with Crippen molar-refractivity contribution in [3.63, 3.8) is 0 Å². The largest absolute Gasteiger partial charge is 0.350 e. The molecule has 92 valence electrons. The van der Waals surface area contributed by atoms with Crippen LogP contribution in [-0.2, 0) is 4.79 Å². The van der Waals surface area contributed by atoms with Crippen molar-refractivity contribution < 1.29 is 4.79 Å². The van der Waals surface area contributed by atoms with Crippen molar-refractivity contribution in [3.05, 3.63) is 0 Å². The highest BCUT2D eigenvalue weighted by atomic mass is 16.2. The fourth-order valence-electron chi connectivity index (χ4n) is 3.73. The molecule has 1 N–H and O–H groups in total. The Morgan fingerprint density at radius 3 is 2.50 bits per heavy atom. The molecule has 2 fully saturated rings. The van der Waals surface area contributed by atoms with Gasteiger partial charge in [-0.15, -0.1) is 0 Å². The molecule has 2 aliphatic rings. The first-order valence-corrected chi connectivity index (χ1v) is 6.87. The third-order valence-electron chi connectivity index (χ3n) is 4.57. The Balaban J connectivity index is 2.18. The maximum atomic E-state index is 11.9. The normalized spacial score (nSPS) is 33.4. The molecular formula is C14H25NO. The van der Waals surface area contributed by atoms with Crippen molar-refractivity contribution in [1.82, 2.24) is 5.32 Å². The lowest BCUT2D eigenvalue weighted by atomic mass is 9.69. The van der Waals surface area contributed by atoms with Crippen molar-refractivity contribution in [1.29, 1.82) is 0 Å². The summed E-state index contributed by atoms with van der Waals surface area (Å²) in [5.74, 6) is 1.78. The van der Waals surface area contributed by atoms with E-state index in [0.717, 1.165) is 0 Å². The van der Waals surface area contributed by atoms with Crippen molar-refractivity contribution in [2.75, 3.05) is 0 Å². The van der Waals surface area contributed by atoms with Gasteiger partial charge in [-0.25, -0.2) is 0 Å². The Morgan fingerprint density at radius 1 is 1.31 bits per heavy atom. The minimum atomic E-state index is 0.166. The van der Waals surface area contributed by atoms with Gasteiger partial charge in [0.2, 0.25) is 5.91 Å². The van der Waals surface area contributed by atoms with Crippen LogP contribution in [0.1, 0.15) is 59.3 Å². The predicted molar refractivity (Wildman–Crippen MR) is 66.1 cm³/mol. The van der Waals surface area contributed by atoms with E-state index in [1.54, 1.807) is 0 Å². The number of carbonyl (C=O) groups excluding carboxylic acids is 1. The highest BCUT2D eigenvalue weighted by Gasteiger charge is 2.50. The third-order valence-corrected chi connectivity index (χ3v) is 4.57. The van der Waals surface area contributed by atoms with Gasteiger partial charge in [0.1, 0.15) is 0 Å². The van der Waals surface area contributed by atoms with Gasteiger partial charge < -0.3 is 5.32 Å². The van der Waals surface area contributed by atoms with Crippen molar-refractivity contribution in [2.45, 2.75) is 64.8 Å². The summed E-state index contributed by atoms with van der Waals surface area (Å²) in [5, 5.41) is 3.34. The molecule has 0 aromatic heterocycles. The lowest BCUT2D eigenvalue weighted by molar-refractivity contribution is -0.122. The highest BCUT2D eigenvalue weighted by Crippen LogP contribution is 2.45. The second kappa shape index (κ2) is 4.38. The van der Waals surface area contributed by atoms with E-state index in [1.807, 2.05) is 0 Å². The summed E-state index contributed by atoms with van der Waals surface area (Å²) in [6.45, 7) is 6.66. The molecule has 0 aromatic rings. The van der Waals surface area contributed by atoms with E-state index in [9.17, 15) is 4.79 Å². The second-order valence-electron chi connectivity index (χ2n) is 6.23. The van der Waals surface area contributed by atoms with Gasteiger partial charge in [-0.1, -0.05) is 40.0 Å². The number of nitrogens with one attached hydrogen (secondary N) is 1. The van der Waals surface area contributed by atoms with Gasteiger partial charge in [0, 0.05) is 11.5 Å². The van der Waals surface area contributed by atoms with E-state index >= 15 is 0 Å². The topological polar surface area (TPSA) is 29.1 Å². The molecule has 2 unspecified atom stereocenters. The van der Waals surface area contributed by atoms with Crippen LogP contribution in [0, 0.1) is 17.8 Å². The van der Waals surface area contributed by atoms with Crippen molar-refractivity contribution in [3.8, 4) is 0 Å². The van der Waals surface area contributed by atoms with Gasteiger partial charge in [-0.3, -0.25) is 4.79 Å². The van der Waals surface area contributed by atoms with Crippen LogP contribution in [0.4, 0.5) is 0 Å². The first kappa shape index (κ1) is 11.9. The highest BCUT2D eigenvalue weighted by molar-refractivity contribution is 5.82. The summed E-state index contributed by atoms with van der Waals surface area (Å²) < 4.78 is 0. The summed E-state index contributed by atoms with van der Waals surface area (Å²) in [6, 6.07) is 0. The number of hydrogen-bond donors (Lipinski definition) is 1. The van der Waals surface area contributed by atoms with E-state index in [1.165, 1.54) is 38.5 Å². The third kappa shape index (κ3) is 1.99. The fraction of sp³-hybridized carbons (Fsp3) is 0.929. The van der Waals surface area contributed by atoms with E-state index in [2.05, 4.69) is 26.1 Å². The molecule has 2 rings (SSSR count). The molecule has 0 aromatic carbocycles. The fourth-order valence-corrected chi connectivity index (χ4v) is 3.73. The molecular weight excluding hydrogens is 198 g/mol. The van der Waals surface area contributed by atoms with E-state index < -0.39 is 0 Å². The first-order valence-electron chi connectivity index (χ1n) is 6.87. The Bertz CT molecular complexity index is 266. The van der Waals surface area contributed by atoms with Crippen LogP contribution in [0.2, 0.25) is 0 Å². The minimum Gasteiger partial charge on any atom is -0.350 e. The zero-order chi connectivity index (χ0) is 11.8. The van der Waals surface area contributed by atoms with Gasteiger partial charge in [0.25, 0.3) is 0 Å². The maximum absolute atomic E-state index is 11.9. The summed E-state index contributed by atoms with van der Waals surface area (Å²) in [5.41, 5.74) is 0.166. The summed E-state index contributed by atoms with van der Waals surface area (Å²) in [4.78, 5) is 11.9. The van der Waals surface area contributed by atoms with Crippen LogP contribution in [0.25, 0.3) is 0 Å². The zero-order valence-corrected chi connectivity index (χ0v) is 10.9. The number of amides is 1. The Morgan fingerprint density at radius 2 is 1.94 bits per heavy atom. The van der Waals surface area contributed by atoms with E-state index in [0.29, 0.717) is 17.7 Å². The number of hydrogen-bond acceptors (Lipinski definition) is 1. The molecule has 1 aliphatic carbocycles. The van der Waals surface area contributed by atoms with Crippen molar-refractivity contribution >= 4 is 5.91 Å². The number of rotatable bonds is 2. The summed E-state index contributed by atoms with van der Waals surface area (Å²) >= 11 is 0. The Hall–Kier alpha value is -0.530. The molecule has 1 amide bonds. The molecule has 1 spiro atoms. The van der Waals surface area contributed by atoms with E-state index in [-0.39, 0.29) is 11.5 Å². The maximum Gasteiger partial charge on any atom is 0.223 e. The smallest absolute Gasteiger partial charge is 0.223 e. The molecule has 2 heteroatoms. The van der Waals surface area contributed by atoms with Crippen LogP contribution >= 0.6 is 0 Å². The molecule has 0 bridgehead atoms. The minimum absolute atomic E-state index is 0.166. The predicted octanol–water partition coefficient (Wildman–Crippen LogP) is 3.12. The molecule has 1 heterocycles. The lowest BCUT2D eigenvalue weighted by Crippen LogP contribution is -2.47. The van der Waals surface area contributed by atoms with Gasteiger partial charge in [0.05, 0.1) is 0 Å². The average Bonchev–Trinajstić information content (AvgIpc) is 2.44. The van der Waals surface area contributed by atoms with Crippen molar-refractivity contribution in [2.24, 2.45) is 17.8 Å². The quantitative estimate of drug-likeness (QED) is 0.765. The molecule has 2 nitrogen and oxygen atoms in total. The van der Waals surface area contributed by atoms with Crippen LogP contribution in [0.15, 0.2) is 0 Å². The van der Waals surface area contributed by atoms with Gasteiger partial charge in [-0.2, -0.15) is 0 Å². The molecule has 1 saturated heterocycles. The SMILES string of the molecule is CC(C)CC1C(C)C(=O)NC12CCCCC2. The van der Waals surface area contributed by atoms with Crippen LogP contribution in [0.3, 0.4) is 0 Å². The Labute approximate surface area is 99.2 Å². The standard InChI is InChI=1S/C14H25NO/c1-10(2)9-12-11(3)13(16)15-14(12)7-5-4-6-8-14/h10-12H,4-9H2,1-3H3,(H,15,16). The summed E-state index contributed by atoms with van der Waals surface area (Å²) in [7, 11) is 0. The molecule has 1 saturated carbocycles. The second-order valence-corrected chi connectivity index (χ2v) is 6.23. The molecule has 16 heavy (non-hydrogen) atoms. The molecule has 2 atom stereocenters. The average molecular weight is 223 g/mol. The van der Waals surface area contributed by atoms with Crippen LogP contribution < -0.4 is 5.32 Å². The van der Waals surface area contributed by atoms with E-state index in [4.69, 9.17) is 0 Å². The monoisotopic (exact) mass is 223 g/mol. The van der Waals surface area contributed by atoms with Gasteiger partial charge >= 0.3 is 0 Å². The Kier molecular flexibility index (Phi) is 3.27. The van der Waals surface area contributed by atoms with Gasteiger partial charge in [0.15, 0.2) is 0 Å². The molecule has 0 radical (unpaired) electrons. The van der Waals surface area contributed by atoms with Crippen LogP contribution in [0.5, 0.6) is 0 Å². The molecule has 1 aliphatic heterocycles. The first-order chi connectivity index (χ1) is 7.55. The zero-order valence-electron chi connectivity index (χ0n) is 10.9.